The number of carboxylic acids is 1. The lowest BCUT2D eigenvalue weighted by molar-refractivity contribution is -0.887. The zero-order valence-electron chi connectivity index (χ0n) is 34.8. The van der Waals surface area contributed by atoms with Crippen LogP contribution in [0.5, 0.6) is 0 Å². The minimum Gasteiger partial charge on any atom is -0.477 e. The predicted molar refractivity (Wildman–Crippen MR) is 215 cm³/mol. The largest absolute Gasteiger partial charge is 0.477 e. The van der Waals surface area contributed by atoms with Gasteiger partial charge in [0.1, 0.15) is 6.61 Å². The number of ether oxygens (including phenoxy) is 3. The lowest BCUT2D eigenvalue weighted by Gasteiger charge is -2.31. The Bertz CT molecular complexity index is 869. The molecule has 0 heterocycles. The second-order valence-electron chi connectivity index (χ2n) is 16.0. The van der Waals surface area contributed by atoms with E-state index in [0.29, 0.717) is 19.3 Å². The summed E-state index contributed by atoms with van der Waals surface area (Å²) >= 11 is 0. The van der Waals surface area contributed by atoms with Gasteiger partial charge in [-0.15, -0.1) is 0 Å². The summed E-state index contributed by atoms with van der Waals surface area (Å²) in [6, 6.07) is -0.611. The van der Waals surface area contributed by atoms with Crippen molar-refractivity contribution in [2.45, 2.75) is 212 Å². The summed E-state index contributed by atoms with van der Waals surface area (Å²) < 4.78 is 17.2. The Morgan fingerprint density at radius 2 is 0.962 bits per heavy atom. The lowest BCUT2D eigenvalue weighted by atomic mass is 10.1. The molecule has 2 unspecified atom stereocenters. The Balaban J connectivity index is 4.31. The van der Waals surface area contributed by atoms with Gasteiger partial charge in [0.05, 0.1) is 34.4 Å². The number of carbonyl (C=O) groups is 3. The molecule has 0 aliphatic heterocycles. The van der Waals surface area contributed by atoms with Crippen LogP contribution in [0.3, 0.4) is 0 Å². The van der Waals surface area contributed by atoms with Gasteiger partial charge in [0, 0.05) is 19.3 Å². The van der Waals surface area contributed by atoms with E-state index in [-0.39, 0.29) is 36.2 Å². The van der Waals surface area contributed by atoms with Crippen LogP contribution in [0.2, 0.25) is 0 Å². The third-order valence-corrected chi connectivity index (χ3v) is 9.91. The van der Waals surface area contributed by atoms with Crippen molar-refractivity contribution >= 4 is 17.9 Å². The van der Waals surface area contributed by atoms with Crippen LogP contribution in [0.25, 0.3) is 0 Å². The molecule has 0 fully saturated rings. The maximum Gasteiger partial charge on any atom is 0.362 e. The molecule has 0 aliphatic carbocycles. The highest BCUT2D eigenvalue weighted by Gasteiger charge is 2.31. The van der Waals surface area contributed by atoms with Gasteiger partial charge in [-0.3, -0.25) is 9.59 Å². The van der Waals surface area contributed by atoms with Crippen molar-refractivity contribution in [1.82, 2.24) is 0 Å². The van der Waals surface area contributed by atoms with Crippen LogP contribution in [0.4, 0.5) is 0 Å². The molecule has 0 aromatic carbocycles. The molecule has 306 valence electrons. The van der Waals surface area contributed by atoms with E-state index in [0.717, 1.165) is 51.4 Å². The van der Waals surface area contributed by atoms with Crippen LogP contribution in [0.1, 0.15) is 200 Å². The zero-order chi connectivity index (χ0) is 38.5. The summed E-state index contributed by atoms with van der Waals surface area (Å²) in [7, 11) is 5.53. The third-order valence-electron chi connectivity index (χ3n) is 9.91. The third kappa shape index (κ3) is 33.9. The predicted octanol–water partition coefficient (Wildman–Crippen LogP) is 11.5. The highest BCUT2D eigenvalue weighted by molar-refractivity contribution is 5.72. The molecule has 52 heavy (non-hydrogen) atoms. The molecule has 0 aliphatic rings. The van der Waals surface area contributed by atoms with Crippen molar-refractivity contribution in [3.05, 3.63) is 12.2 Å². The Labute approximate surface area is 320 Å². The summed E-state index contributed by atoms with van der Waals surface area (Å²) in [6.45, 7) is 4.73. The number of carbonyl (C=O) groups excluding carboxylic acids is 2. The van der Waals surface area contributed by atoms with Gasteiger partial charge in [0.2, 0.25) is 0 Å². The first kappa shape index (κ1) is 50.1. The Morgan fingerprint density at radius 3 is 1.38 bits per heavy atom. The van der Waals surface area contributed by atoms with Gasteiger partial charge in [-0.25, -0.2) is 4.79 Å². The normalized spacial score (nSPS) is 13.0. The summed E-state index contributed by atoms with van der Waals surface area (Å²) in [4.78, 5) is 36.9. The number of aliphatic carboxylic acids is 1. The number of hydrogen-bond acceptors (Lipinski definition) is 6. The topological polar surface area (TPSA) is 99.1 Å². The van der Waals surface area contributed by atoms with E-state index in [1.54, 1.807) is 0 Å². The van der Waals surface area contributed by atoms with E-state index < -0.39 is 18.1 Å². The number of rotatable bonds is 39. The van der Waals surface area contributed by atoms with Crippen molar-refractivity contribution in [2.75, 3.05) is 41.0 Å². The van der Waals surface area contributed by atoms with E-state index in [4.69, 9.17) is 14.2 Å². The highest BCUT2D eigenvalue weighted by Crippen LogP contribution is 2.14. The smallest absolute Gasteiger partial charge is 0.362 e. The van der Waals surface area contributed by atoms with Gasteiger partial charge in [0.25, 0.3) is 0 Å². The summed E-state index contributed by atoms with van der Waals surface area (Å²) in [5.41, 5.74) is 0. The minimum atomic E-state index is -0.874. The van der Waals surface area contributed by atoms with Crippen LogP contribution >= 0.6 is 0 Å². The molecule has 0 bridgehead atoms. The van der Waals surface area contributed by atoms with Crippen LogP contribution in [-0.4, -0.2) is 80.6 Å². The zero-order valence-corrected chi connectivity index (χ0v) is 34.8. The minimum absolute atomic E-state index is 0.0489. The van der Waals surface area contributed by atoms with Crippen LogP contribution in [0, 0.1) is 0 Å². The molecule has 0 rings (SSSR count). The van der Waals surface area contributed by atoms with Crippen LogP contribution in [0.15, 0.2) is 12.2 Å². The Kier molecular flexibility index (Phi) is 34.7. The van der Waals surface area contributed by atoms with Gasteiger partial charge < -0.3 is 23.8 Å². The molecule has 8 nitrogen and oxygen atoms in total. The van der Waals surface area contributed by atoms with Gasteiger partial charge in [-0.1, -0.05) is 154 Å². The van der Waals surface area contributed by atoms with E-state index >= 15 is 0 Å². The van der Waals surface area contributed by atoms with E-state index in [1.165, 1.54) is 116 Å². The SMILES string of the molecule is CCCCCCCCCCC/C=C/CCCCCCCC(=O)OC(COCCC(C(=O)O)[N+](C)(C)C)COC(=O)CCCCCCCCCCCC. The standard InChI is InChI=1S/C44H83NO7/c1-6-8-10-12-14-16-18-19-20-21-22-23-24-25-27-29-31-33-35-43(47)52-40(38-50-37-36-41(44(48)49)45(3,4)5)39-51-42(46)34-32-30-28-26-17-15-13-11-9-7-2/h22-23,40-41H,6-21,24-39H2,1-5H3/p+1/b23-22+. The number of likely N-dealkylation sites (N-methyl/N-ethyl adjacent to an activating group) is 1. The van der Waals surface area contributed by atoms with Crippen molar-refractivity contribution in [3.63, 3.8) is 0 Å². The fraction of sp³-hybridized carbons (Fsp3) is 0.886. The molecule has 2 atom stereocenters. The van der Waals surface area contributed by atoms with Crippen LogP contribution < -0.4 is 0 Å². The average molecular weight is 739 g/mol. The summed E-state index contributed by atoms with van der Waals surface area (Å²) in [5, 5.41) is 9.60. The number of quaternary nitrogens is 1. The number of allylic oxidation sites excluding steroid dienone is 2. The molecule has 0 spiro atoms. The molecular formula is C44H84NO7+. The van der Waals surface area contributed by atoms with E-state index in [2.05, 4.69) is 26.0 Å². The maximum atomic E-state index is 12.7. The van der Waals surface area contributed by atoms with Crippen molar-refractivity contribution in [1.29, 1.82) is 0 Å². The van der Waals surface area contributed by atoms with Gasteiger partial charge in [-0.05, 0) is 38.5 Å². The molecule has 8 heteroatoms. The molecular weight excluding hydrogens is 654 g/mol. The first-order valence-electron chi connectivity index (χ1n) is 21.7. The monoisotopic (exact) mass is 739 g/mol. The van der Waals surface area contributed by atoms with Gasteiger partial charge in [0.15, 0.2) is 12.1 Å². The Morgan fingerprint density at radius 1 is 0.558 bits per heavy atom. The second-order valence-corrected chi connectivity index (χ2v) is 16.0. The fourth-order valence-corrected chi connectivity index (χ4v) is 6.50. The molecule has 0 aromatic heterocycles. The fourth-order valence-electron chi connectivity index (χ4n) is 6.50. The molecule has 0 saturated carbocycles. The number of carboxylic acid groups (broad SMARTS) is 1. The molecule has 0 radical (unpaired) electrons. The quantitative estimate of drug-likeness (QED) is 0.0290. The van der Waals surface area contributed by atoms with Gasteiger partial charge in [-0.2, -0.15) is 0 Å². The number of unbranched alkanes of at least 4 members (excludes halogenated alkanes) is 23. The van der Waals surface area contributed by atoms with Crippen LogP contribution in [-0.2, 0) is 28.6 Å². The molecule has 1 N–H and O–H groups in total. The number of esters is 2. The first-order chi connectivity index (χ1) is 25.1. The lowest BCUT2D eigenvalue weighted by Crippen LogP contribution is -2.50. The average Bonchev–Trinajstić information content (AvgIpc) is 3.09. The first-order valence-corrected chi connectivity index (χ1v) is 21.7. The van der Waals surface area contributed by atoms with E-state index in [1.807, 2.05) is 21.1 Å². The maximum absolute atomic E-state index is 12.7. The van der Waals surface area contributed by atoms with Crippen molar-refractivity contribution in [2.24, 2.45) is 0 Å². The summed E-state index contributed by atoms with van der Waals surface area (Å²) in [6.07, 6.45) is 36.8. The van der Waals surface area contributed by atoms with Gasteiger partial charge >= 0.3 is 17.9 Å². The molecule has 0 aromatic rings. The van der Waals surface area contributed by atoms with Crippen molar-refractivity contribution in [3.8, 4) is 0 Å². The molecule has 0 amide bonds. The van der Waals surface area contributed by atoms with Crippen molar-refractivity contribution < 1.29 is 38.2 Å². The van der Waals surface area contributed by atoms with E-state index in [9.17, 15) is 19.5 Å². The summed E-state index contributed by atoms with van der Waals surface area (Å²) in [5.74, 6) is -1.47. The number of nitrogens with zero attached hydrogens (tertiary/aromatic N) is 1. The Hall–Kier alpha value is -1.93. The number of hydrogen-bond donors (Lipinski definition) is 1. The second kappa shape index (κ2) is 36.1. The highest BCUT2D eigenvalue weighted by atomic mass is 16.6. The molecule has 0 saturated heterocycles.